The fourth-order valence-electron chi connectivity index (χ4n) is 0.659. The molecule has 0 aromatic rings. The van der Waals surface area contributed by atoms with Crippen LogP contribution in [0.5, 0.6) is 0 Å². The van der Waals surface area contributed by atoms with Gasteiger partial charge in [0.1, 0.15) is 6.23 Å². The molecule has 58 valence electrons. The van der Waals surface area contributed by atoms with Crippen molar-refractivity contribution in [3.8, 4) is 0 Å². The third kappa shape index (κ3) is 4.18. The van der Waals surface area contributed by atoms with Crippen LogP contribution in [0.2, 0.25) is 0 Å². The summed E-state index contributed by atoms with van der Waals surface area (Å²) in [5, 5.41) is 3.44. The van der Waals surface area contributed by atoms with Crippen molar-refractivity contribution >= 4 is 0 Å². The van der Waals surface area contributed by atoms with E-state index in [0.717, 1.165) is 19.3 Å². The standard InChI is InChI=1S/C6H13N3O/c1-3-4-5-6(10-2)8-9-7/h6H,3-5H2,1-2H3. The van der Waals surface area contributed by atoms with Crippen molar-refractivity contribution in [1.82, 2.24) is 0 Å². The summed E-state index contributed by atoms with van der Waals surface area (Å²) in [6, 6.07) is 0. The van der Waals surface area contributed by atoms with Crippen LogP contribution in [-0.2, 0) is 4.74 Å². The van der Waals surface area contributed by atoms with Crippen LogP contribution in [0.15, 0.2) is 5.11 Å². The number of hydrogen-bond donors (Lipinski definition) is 0. The molecule has 0 aromatic heterocycles. The third-order valence-electron chi connectivity index (χ3n) is 1.26. The number of methoxy groups -OCH3 is 1. The zero-order valence-electron chi connectivity index (χ0n) is 6.45. The van der Waals surface area contributed by atoms with E-state index in [1.54, 1.807) is 7.11 Å². The molecule has 10 heavy (non-hydrogen) atoms. The van der Waals surface area contributed by atoms with E-state index < -0.39 is 0 Å². The average molecular weight is 143 g/mol. The summed E-state index contributed by atoms with van der Waals surface area (Å²) in [5.41, 5.74) is 8.05. The Labute approximate surface area is 60.8 Å². The van der Waals surface area contributed by atoms with E-state index in [2.05, 4.69) is 16.9 Å². The molecule has 0 aliphatic carbocycles. The molecule has 0 bridgehead atoms. The second-order valence-electron chi connectivity index (χ2n) is 2.04. The molecule has 0 aliphatic heterocycles. The molecule has 0 radical (unpaired) electrons. The van der Waals surface area contributed by atoms with Crippen molar-refractivity contribution in [2.45, 2.75) is 32.4 Å². The Hall–Kier alpha value is -0.730. The topological polar surface area (TPSA) is 58.0 Å². The maximum absolute atomic E-state index is 8.05. The molecule has 0 heterocycles. The summed E-state index contributed by atoms with van der Waals surface area (Å²) < 4.78 is 4.87. The number of nitrogens with zero attached hydrogens (tertiary/aromatic N) is 3. The molecule has 4 heteroatoms. The van der Waals surface area contributed by atoms with Gasteiger partial charge in [0.25, 0.3) is 0 Å². The number of hydrogen-bond acceptors (Lipinski definition) is 2. The van der Waals surface area contributed by atoms with Crippen LogP contribution in [0.3, 0.4) is 0 Å². The second kappa shape index (κ2) is 6.39. The number of unbranched alkanes of at least 4 members (excludes halogenated alkanes) is 1. The smallest absolute Gasteiger partial charge is 0.136 e. The molecule has 1 atom stereocenters. The van der Waals surface area contributed by atoms with Crippen LogP contribution < -0.4 is 0 Å². The summed E-state index contributed by atoms with van der Waals surface area (Å²) >= 11 is 0. The minimum Gasteiger partial charge on any atom is -0.375 e. The minimum atomic E-state index is -0.273. The highest BCUT2D eigenvalue weighted by molar-refractivity contribution is 4.54. The maximum atomic E-state index is 8.05. The first-order valence-corrected chi connectivity index (χ1v) is 3.42. The lowest BCUT2D eigenvalue weighted by molar-refractivity contribution is 0.0991. The average Bonchev–Trinajstić information content (AvgIpc) is 1.98. The van der Waals surface area contributed by atoms with Crippen molar-refractivity contribution in [3.05, 3.63) is 10.4 Å². The summed E-state index contributed by atoms with van der Waals surface area (Å²) in [4.78, 5) is 2.66. The zero-order chi connectivity index (χ0) is 7.82. The molecule has 1 unspecified atom stereocenters. The van der Waals surface area contributed by atoms with Gasteiger partial charge in [-0.1, -0.05) is 24.9 Å². The van der Waals surface area contributed by atoms with Gasteiger partial charge < -0.3 is 4.74 Å². The number of rotatable bonds is 5. The van der Waals surface area contributed by atoms with Gasteiger partial charge in [0.05, 0.1) is 0 Å². The quantitative estimate of drug-likeness (QED) is 0.331. The number of ether oxygens (including phenoxy) is 1. The van der Waals surface area contributed by atoms with Gasteiger partial charge in [0.15, 0.2) is 0 Å². The van der Waals surface area contributed by atoms with Crippen LogP contribution in [-0.4, -0.2) is 13.3 Å². The van der Waals surface area contributed by atoms with Gasteiger partial charge in [-0.25, -0.2) is 0 Å². The first-order valence-electron chi connectivity index (χ1n) is 3.42. The van der Waals surface area contributed by atoms with Gasteiger partial charge >= 0.3 is 0 Å². The van der Waals surface area contributed by atoms with Crippen molar-refractivity contribution < 1.29 is 4.74 Å². The molecule has 0 fully saturated rings. The van der Waals surface area contributed by atoms with E-state index in [9.17, 15) is 0 Å². The van der Waals surface area contributed by atoms with E-state index >= 15 is 0 Å². The molecule has 0 aromatic carbocycles. The fraction of sp³-hybridized carbons (Fsp3) is 1.00. The molecule has 0 aliphatic rings. The largest absolute Gasteiger partial charge is 0.375 e. The Morgan fingerprint density at radius 3 is 2.80 bits per heavy atom. The highest BCUT2D eigenvalue weighted by Gasteiger charge is 2.00. The molecule has 0 N–H and O–H groups in total. The Balaban J connectivity index is 3.49. The van der Waals surface area contributed by atoms with Crippen molar-refractivity contribution in [2.24, 2.45) is 5.11 Å². The van der Waals surface area contributed by atoms with E-state index in [-0.39, 0.29) is 6.23 Å². The lowest BCUT2D eigenvalue weighted by Gasteiger charge is -2.05. The van der Waals surface area contributed by atoms with Crippen molar-refractivity contribution in [1.29, 1.82) is 0 Å². The fourth-order valence-corrected chi connectivity index (χ4v) is 0.659. The lowest BCUT2D eigenvalue weighted by atomic mass is 10.2. The maximum Gasteiger partial charge on any atom is 0.136 e. The van der Waals surface area contributed by atoms with Gasteiger partial charge in [-0.15, -0.1) is 0 Å². The highest BCUT2D eigenvalue weighted by atomic mass is 16.5. The van der Waals surface area contributed by atoms with Crippen LogP contribution in [0.4, 0.5) is 0 Å². The second-order valence-corrected chi connectivity index (χ2v) is 2.04. The highest BCUT2D eigenvalue weighted by Crippen LogP contribution is 2.04. The van der Waals surface area contributed by atoms with Crippen molar-refractivity contribution in [3.63, 3.8) is 0 Å². The summed E-state index contributed by atoms with van der Waals surface area (Å²) in [6.45, 7) is 2.09. The summed E-state index contributed by atoms with van der Waals surface area (Å²) in [6.07, 6.45) is 2.68. The molecule has 0 spiro atoms. The van der Waals surface area contributed by atoms with E-state index in [1.807, 2.05) is 0 Å². The minimum absolute atomic E-state index is 0.273. The molecule has 0 saturated heterocycles. The molecule has 0 amide bonds. The Kier molecular flexibility index (Phi) is 5.92. The lowest BCUT2D eigenvalue weighted by Crippen LogP contribution is -2.04. The van der Waals surface area contributed by atoms with Crippen LogP contribution in [0, 0.1) is 0 Å². The van der Waals surface area contributed by atoms with Crippen LogP contribution >= 0.6 is 0 Å². The Morgan fingerprint density at radius 1 is 1.70 bits per heavy atom. The van der Waals surface area contributed by atoms with Gasteiger partial charge in [0, 0.05) is 12.0 Å². The van der Waals surface area contributed by atoms with Gasteiger partial charge in [-0.3, -0.25) is 0 Å². The molecule has 4 nitrogen and oxygen atoms in total. The Morgan fingerprint density at radius 2 is 2.40 bits per heavy atom. The van der Waals surface area contributed by atoms with Gasteiger partial charge in [0.2, 0.25) is 0 Å². The zero-order valence-corrected chi connectivity index (χ0v) is 6.45. The van der Waals surface area contributed by atoms with E-state index in [1.165, 1.54) is 0 Å². The van der Waals surface area contributed by atoms with Gasteiger partial charge in [-0.2, -0.15) is 0 Å². The van der Waals surface area contributed by atoms with Crippen molar-refractivity contribution in [2.75, 3.05) is 7.11 Å². The summed E-state index contributed by atoms with van der Waals surface area (Å²) in [5.74, 6) is 0. The molecular formula is C6H13N3O. The Bertz CT molecular complexity index is 120. The molecule has 0 saturated carbocycles. The number of azide groups is 1. The monoisotopic (exact) mass is 143 g/mol. The predicted molar refractivity (Wildman–Crippen MR) is 39.5 cm³/mol. The predicted octanol–water partition coefficient (Wildman–Crippen LogP) is 2.46. The first-order chi connectivity index (χ1) is 4.85. The van der Waals surface area contributed by atoms with Crippen LogP contribution in [0.1, 0.15) is 26.2 Å². The first kappa shape index (κ1) is 9.27. The normalized spacial score (nSPS) is 12.2. The van der Waals surface area contributed by atoms with Gasteiger partial charge in [-0.05, 0) is 12.0 Å². The van der Waals surface area contributed by atoms with E-state index in [4.69, 9.17) is 10.3 Å². The molecular weight excluding hydrogens is 130 g/mol. The van der Waals surface area contributed by atoms with E-state index in [0.29, 0.717) is 0 Å². The van der Waals surface area contributed by atoms with Crippen LogP contribution in [0.25, 0.3) is 10.4 Å². The molecule has 0 rings (SSSR count). The SMILES string of the molecule is CCCCC(N=[N+]=[N-])OC. The summed E-state index contributed by atoms with van der Waals surface area (Å²) in [7, 11) is 1.55. The third-order valence-corrected chi connectivity index (χ3v) is 1.26.